The molecule has 0 radical (unpaired) electrons. The predicted molar refractivity (Wildman–Crippen MR) is 70.2 cm³/mol. The summed E-state index contributed by atoms with van der Waals surface area (Å²) >= 11 is 0. The van der Waals surface area contributed by atoms with Crippen molar-refractivity contribution in [3.05, 3.63) is 29.8 Å². The number of hydrogen-bond donors (Lipinski definition) is 3. The highest BCUT2D eigenvalue weighted by atomic mass is 16.3. The number of hydrogen-bond acceptors (Lipinski definition) is 3. The third-order valence-electron chi connectivity index (χ3n) is 3.18. The number of likely N-dealkylation sites (tertiary alicyclic amines) is 1. The highest BCUT2D eigenvalue weighted by molar-refractivity contribution is 5.89. The van der Waals surface area contributed by atoms with Gasteiger partial charge in [0.25, 0.3) is 0 Å². The van der Waals surface area contributed by atoms with Gasteiger partial charge in [-0.1, -0.05) is 12.1 Å². The van der Waals surface area contributed by atoms with Crippen molar-refractivity contribution in [2.24, 2.45) is 5.73 Å². The largest absolute Gasteiger partial charge is 0.388 e. The number of urea groups is 1. The normalized spacial score (nSPS) is 23.2. The second kappa shape index (κ2) is 4.96. The minimum Gasteiger partial charge on any atom is -0.388 e. The van der Waals surface area contributed by atoms with Crippen LogP contribution in [0.4, 0.5) is 10.5 Å². The van der Waals surface area contributed by atoms with Crippen LogP contribution in [0.1, 0.15) is 18.9 Å². The standard InChI is InChI=1S/C13H19N3O2/c1-13(18)6-7-16(9-13)12(17)15-11-4-2-10(8-14)3-5-11/h2-5,18H,6-9,14H2,1H3,(H,15,17). The zero-order chi connectivity index (χ0) is 13.2. The zero-order valence-corrected chi connectivity index (χ0v) is 10.5. The number of carbonyl (C=O) groups excluding carboxylic acids is 1. The molecule has 5 nitrogen and oxygen atoms in total. The Morgan fingerprint density at radius 3 is 2.67 bits per heavy atom. The third-order valence-corrected chi connectivity index (χ3v) is 3.18. The van der Waals surface area contributed by atoms with Crippen molar-refractivity contribution in [2.75, 3.05) is 18.4 Å². The summed E-state index contributed by atoms with van der Waals surface area (Å²) in [5.74, 6) is 0. The highest BCUT2D eigenvalue weighted by Gasteiger charge is 2.33. The number of nitrogens with one attached hydrogen (secondary N) is 1. The van der Waals surface area contributed by atoms with E-state index >= 15 is 0 Å². The van der Waals surface area contributed by atoms with E-state index in [2.05, 4.69) is 5.32 Å². The summed E-state index contributed by atoms with van der Waals surface area (Å²) in [5.41, 5.74) is 6.51. The Morgan fingerprint density at radius 1 is 1.50 bits per heavy atom. The molecule has 5 heteroatoms. The van der Waals surface area contributed by atoms with Crippen molar-refractivity contribution >= 4 is 11.7 Å². The van der Waals surface area contributed by atoms with Crippen LogP contribution in [0.5, 0.6) is 0 Å². The van der Waals surface area contributed by atoms with Gasteiger partial charge in [0.15, 0.2) is 0 Å². The van der Waals surface area contributed by atoms with Gasteiger partial charge in [0.2, 0.25) is 0 Å². The van der Waals surface area contributed by atoms with Crippen LogP contribution in [0.2, 0.25) is 0 Å². The van der Waals surface area contributed by atoms with E-state index in [4.69, 9.17) is 5.73 Å². The Bertz CT molecular complexity index is 428. The first-order chi connectivity index (χ1) is 8.50. The Hall–Kier alpha value is -1.59. The molecule has 98 valence electrons. The fraction of sp³-hybridized carbons (Fsp3) is 0.462. The second-order valence-electron chi connectivity index (χ2n) is 5.00. The first kappa shape index (κ1) is 12.9. The van der Waals surface area contributed by atoms with Gasteiger partial charge in [0.1, 0.15) is 0 Å². The van der Waals surface area contributed by atoms with Crippen LogP contribution in [0, 0.1) is 0 Å². The number of amides is 2. The number of nitrogens with two attached hydrogens (primary N) is 1. The van der Waals surface area contributed by atoms with Gasteiger partial charge >= 0.3 is 6.03 Å². The van der Waals surface area contributed by atoms with Crippen LogP contribution in [0.3, 0.4) is 0 Å². The fourth-order valence-electron chi connectivity index (χ4n) is 2.05. The van der Waals surface area contributed by atoms with Gasteiger partial charge in [-0.2, -0.15) is 0 Å². The molecular weight excluding hydrogens is 230 g/mol. The van der Waals surface area contributed by atoms with Gasteiger partial charge in [-0.25, -0.2) is 4.79 Å². The van der Waals surface area contributed by atoms with Crippen molar-refractivity contribution in [2.45, 2.75) is 25.5 Å². The van der Waals surface area contributed by atoms with E-state index in [1.807, 2.05) is 24.3 Å². The lowest BCUT2D eigenvalue weighted by atomic mass is 10.1. The molecule has 2 rings (SSSR count). The van der Waals surface area contributed by atoms with Gasteiger partial charge in [-0.05, 0) is 31.0 Å². The number of β-amino-alcohol motifs (C(OH)–C–C–N with tert-alkyl or cyclic N) is 1. The molecule has 1 aromatic rings. The molecule has 0 bridgehead atoms. The van der Waals surface area contributed by atoms with E-state index in [1.165, 1.54) is 0 Å². The molecule has 0 saturated carbocycles. The Balaban J connectivity index is 1.95. The lowest BCUT2D eigenvalue weighted by Gasteiger charge is -2.19. The Labute approximate surface area is 107 Å². The number of benzene rings is 1. The maximum absolute atomic E-state index is 11.9. The Morgan fingerprint density at radius 2 is 2.17 bits per heavy atom. The average molecular weight is 249 g/mol. The van der Waals surface area contributed by atoms with E-state index in [9.17, 15) is 9.90 Å². The molecular formula is C13H19N3O2. The van der Waals surface area contributed by atoms with Crippen molar-refractivity contribution in [1.82, 2.24) is 4.90 Å². The summed E-state index contributed by atoms with van der Waals surface area (Å²) in [4.78, 5) is 13.6. The molecule has 0 aromatic heterocycles. The molecule has 2 amide bonds. The van der Waals surface area contributed by atoms with Crippen LogP contribution in [0.25, 0.3) is 0 Å². The molecule has 4 N–H and O–H groups in total. The lowest BCUT2D eigenvalue weighted by molar-refractivity contribution is 0.0727. The summed E-state index contributed by atoms with van der Waals surface area (Å²) in [6, 6.07) is 7.25. The van der Waals surface area contributed by atoms with Crippen molar-refractivity contribution in [3.63, 3.8) is 0 Å². The van der Waals surface area contributed by atoms with E-state index < -0.39 is 5.60 Å². The average Bonchev–Trinajstić information content (AvgIpc) is 2.71. The van der Waals surface area contributed by atoms with Crippen molar-refractivity contribution < 1.29 is 9.90 Å². The molecule has 1 atom stereocenters. The molecule has 1 aliphatic rings. The smallest absolute Gasteiger partial charge is 0.321 e. The summed E-state index contributed by atoms with van der Waals surface area (Å²) in [6.07, 6.45) is 0.618. The van der Waals surface area contributed by atoms with Crippen molar-refractivity contribution in [1.29, 1.82) is 0 Å². The van der Waals surface area contributed by atoms with Gasteiger partial charge in [0, 0.05) is 18.8 Å². The number of carbonyl (C=O) groups is 1. The van der Waals surface area contributed by atoms with E-state index in [1.54, 1.807) is 11.8 Å². The minimum atomic E-state index is -0.763. The van der Waals surface area contributed by atoms with Crippen LogP contribution in [0.15, 0.2) is 24.3 Å². The number of aliphatic hydroxyl groups is 1. The topological polar surface area (TPSA) is 78.6 Å². The van der Waals surface area contributed by atoms with Crippen LogP contribution >= 0.6 is 0 Å². The van der Waals surface area contributed by atoms with Gasteiger partial charge in [-0.15, -0.1) is 0 Å². The number of rotatable bonds is 2. The Kier molecular flexibility index (Phi) is 3.54. The maximum atomic E-state index is 11.9. The van der Waals surface area contributed by atoms with E-state index in [-0.39, 0.29) is 6.03 Å². The maximum Gasteiger partial charge on any atom is 0.321 e. The van der Waals surface area contributed by atoms with Crippen LogP contribution < -0.4 is 11.1 Å². The summed E-state index contributed by atoms with van der Waals surface area (Å²) in [5, 5.41) is 12.6. The minimum absolute atomic E-state index is 0.173. The molecule has 18 heavy (non-hydrogen) atoms. The van der Waals surface area contributed by atoms with Gasteiger partial charge in [-0.3, -0.25) is 0 Å². The number of anilines is 1. The van der Waals surface area contributed by atoms with Crippen LogP contribution in [-0.4, -0.2) is 34.7 Å². The highest BCUT2D eigenvalue weighted by Crippen LogP contribution is 2.21. The molecule has 1 aliphatic heterocycles. The van der Waals surface area contributed by atoms with Crippen molar-refractivity contribution in [3.8, 4) is 0 Å². The zero-order valence-electron chi connectivity index (χ0n) is 10.5. The van der Waals surface area contributed by atoms with Gasteiger partial charge in [0.05, 0.1) is 12.1 Å². The van der Waals surface area contributed by atoms with E-state index in [0.717, 1.165) is 11.3 Å². The quantitative estimate of drug-likeness (QED) is 0.735. The first-order valence-electron chi connectivity index (χ1n) is 6.07. The fourth-order valence-corrected chi connectivity index (χ4v) is 2.05. The van der Waals surface area contributed by atoms with Crippen LogP contribution in [-0.2, 0) is 6.54 Å². The third kappa shape index (κ3) is 3.00. The molecule has 1 saturated heterocycles. The first-order valence-corrected chi connectivity index (χ1v) is 6.07. The monoisotopic (exact) mass is 249 g/mol. The summed E-state index contributed by atoms with van der Waals surface area (Å²) in [6.45, 7) is 3.19. The molecule has 1 aromatic carbocycles. The molecule has 0 spiro atoms. The molecule has 0 aliphatic carbocycles. The lowest BCUT2D eigenvalue weighted by Crippen LogP contribution is -2.36. The van der Waals surface area contributed by atoms with E-state index in [0.29, 0.717) is 26.1 Å². The SMILES string of the molecule is CC1(O)CCN(C(=O)Nc2ccc(CN)cc2)C1. The van der Waals surface area contributed by atoms with Gasteiger partial charge < -0.3 is 21.1 Å². The molecule has 1 fully saturated rings. The predicted octanol–water partition coefficient (Wildman–Crippen LogP) is 1.13. The summed E-state index contributed by atoms with van der Waals surface area (Å²) in [7, 11) is 0. The summed E-state index contributed by atoms with van der Waals surface area (Å²) < 4.78 is 0. The number of nitrogens with zero attached hydrogens (tertiary/aromatic N) is 1. The molecule has 1 heterocycles. The molecule has 1 unspecified atom stereocenters. The second-order valence-corrected chi connectivity index (χ2v) is 5.00.